The third-order valence-corrected chi connectivity index (χ3v) is 4.28. The van der Waals surface area contributed by atoms with Crippen LogP contribution in [0.1, 0.15) is 16.8 Å². The van der Waals surface area contributed by atoms with Crippen LogP contribution in [0.4, 0.5) is 11.4 Å². The van der Waals surface area contributed by atoms with Crippen molar-refractivity contribution < 1.29 is 14.4 Å². The second-order valence-electron chi connectivity index (χ2n) is 6.09. The van der Waals surface area contributed by atoms with Crippen molar-refractivity contribution in [1.82, 2.24) is 10.3 Å². The number of aromatic nitrogens is 1. The Kier molecular flexibility index (Phi) is 3.89. The number of aromatic amines is 1. The molecule has 7 heteroatoms. The molecule has 26 heavy (non-hydrogen) atoms. The number of carbonyl (C=O) groups excluding carboxylic acids is 3. The van der Waals surface area contributed by atoms with Gasteiger partial charge in [0.05, 0.1) is 17.7 Å². The van der Waals surface area contributed by atoms with Gasteiger partial charge in [-0.05, 0) is 36.4 Å². The lowest BCUT2D eigenvalue weighted by atomic mass is 10.1. The lowest BCUT2D eigenvalue weighted by Crippen LogP contribution is -2.43. The molecule has 3 aromatic rings. The molecule has 4 N–H and O–H groups in total. The number of nitrogens with one attached hydrogen (secondary N) is 4. The number of benzene rings is 2. The molecule has 1 aliphatic rings. The van der Waals surface area contributed by atoms with Gasteiger partial charge in [0, 0.05) is 22.8 Å². The first kappa shape index (κ1) is 15.9. The molecule has 0 aliphatic carbocycles. The Morgan fingerprint density at radius 3 is 2.81 bits per heavy atom. The van der Waals surface area contributed by atoms with E-state index in [4.69, 9.17) is 0 Å². The van der Waals surface area contributed by atoms with E-state index < -0.39 is 11.9 Å². The van der Waals surface area contributed by atoms with Crippen molar-refractivity contribution in [1.29, 1.82) is 0 Å². The summed E-state index contributed by atoms with van der Waals surface area (Å²) in [7, 11) is 0. The highest BCUT2D eigenvalue weighted by Gasteiger charge is 2.29. The minimum Gasteiger partial charge on any atom is -0.361 e. The highest BCUT2D eigenvalue weighted by Crippen LogP contribution is 2.20. The van der Waals surface area contributed by atoms with Gasteiger partial charge >= 0.3 is 0 Å². The van der Waals surface area contributed by atoms with E-state index in [1.165, 1.54) is 0 Å². The van der Waals surface area contributed by atoms with Gasteiger partial charge in [0.1, 0.15) is 6.04 Å². The maximum Gasteiger partial charge on any atom is 0.254 e. The van der Waals surface area contributed by atoms with Crippen molar-refractivity contribution >= 4 is 40.0 Å². The first-order chi connectivity index (χ1) is 12.6. The fourth-order valence-electron chi connectivity index (χ4n) is 2.98. The van der Waals surface area contributed by atoms with E-state index in [1.54, 1.807) is 30.3 Å². The zero-order chi connectivity index (χ0) is 18.1. The number of anilines is 2. The third kappa shape index (κ3) is 3.02. The summed E-state index contributed by atoms with van der Waals surface area (Å²) in [5.74, 6) is -1.16. The van der Waals surface area contributed by atoms with Crippen LogP contribution in [-0.2, 0) is 9.59 Å². The van der Waals surface area contributed by atoms with Crippen LogP contribution in [0.2, 0.25) is 0 Å². The SMILES string of the molecule is O=C(C[C@H]1NC(=O)c2ccccc2NC1=O)Nc1ccc2[nH]ccc2c1. The summed E-state index contributed by atoms with van der Waals surface area (Å²) in [4.78, 5) is 40.0. The lowest BCUT2D eigenvalue weighted by Gasteiger charge is -2.14. The molecule has 0 bridgehead atoms. The zero-order valence-corrected chi connectivity index (χ0v) is 13.7. The van der Waals surface area contributed by atoms with Crippen LogP contribution < -0.4 is 16.0 Å². The topological polar surface area (TPSA) is 103 Å². The van der Waals surface area contributed by atoms with Crippen molar-refractivity contribution in [2.24, 2.45) is 0 Å². The second kappa shape index (κ2) is 6.36. The van der Waals surface area contributed by atoms with Gasteiger partial charge in [-0.25, -0.2) is 0 Å². The van der Waals surface area contributed by atoms with Gasteiger partial charge in [-0.15, -0.1) is 0 Å². The van der Waals surface area contributed by atoms with E-state index in [2.05, 4.69) is 20.9 Å². The molecule has 4 rings (SSSR count). The van der Waals surface area contributed by atoms with Crippen molar-refractivity contribution in [3.8, 4) is 0 Å². The molecule has 130 valence electrons. The molecule has 0 saturated carbocycles. The van der Waals surface area contributed by atoms with E-state index in [0.717, 1.165) is 10.9 Å². The molecule has 1 aromatic heterocycles. The minimum absolute atomic E-state index is 0.156. The largest absolute Gasteiger partial charge is 0.361 e. The van der Waals surface area contributed by atoms with Crippen molar-refractivity contribution in [2.45, 2.75) is 12.5 Å². The summed E-state index contributed by atoms with van der Waals surface area (Å²) < 4.78 is 0. The number of amides is 3. The van der Waals surface area contributed by atoms with Crippen LogP contribution in [0, 0.1) is 0 Å². The highest BCUT2D eigenvalue weighted by atomic mass is 16.2. The molecule has 0 fully saturated rings. The molecule has 1 atom stereocenters. The Balaban J connectivity index is 1.47. The van der Waals surface area contributed by atoms with Gasteiger partial charge in [-0.3, -0.25) is 14.4 Å². The summed E-state index contributed by atoms with van der Waals surface area (Å²) in [5.41, 5.74) is 2.42. The zero-order valence-electron chi connectivity index (χ0n) is 13.7. The van der Waals surface area contributed by atoms with Gasteiger partial charge in [-0.2, -0.15) is 0 Å². The quantitative estimate of drug-likeness (QED) is 0.584. The van der Waals surface area contributed by atoms with Crippen LogP contribution in [-0.4, -0.2) is 28.7 Å². The van der Waals surface area contributed by atoms with Gasteiger partial charge < -0.3 is 20.9 Å². The fraction of sp³-hybridized carbons (Fsp3) is 0.105. The Labute approximate surface area is 148 Å². The molecular formula is C19H16N4O3. The van der Waals surface area contributed by atoms with Crippen LogP contribution in [0.15, 0.2) is 54.7 Å². The first-order valence-electron chi connectivity index (χ1n) is 8.18. The Hall–Kier alpha value is -3.61. The summed E-state index contributed by atoms with van der Waals surface area (Å²) in [6.45, 7) is 0. The molecule has 7 nitrogen and oxygen atoms in total. The fourth-order valence-corrected chi connectivity index (χ4v) is 2.98. The molecule has 3 amide bonds. The van der Waals surface area contributed by atoms with E-state index in [1.807, 2.05) is 24.4 Å². The van der Waals surface area contributed by atoms with Gasteiger partial charge in [0.25, 0.3) is 5.91 Å². The maximum atomic E-state index is 12.3. The summed E-state index contributed by atoms with van der Waals surface area (Å²) in [5, 5.41) is 9.03. The molecule has 2 heterocycles. The highest BCUT2D eigenvalue weighted by molar-refractivity contribution is 6.11. The monoisotopic (exact) mass is 348 g/mol. The van der Waals surface area contributed by atoms with Crippen LogP contribution >= 0.6 is 0 Å². The van der Waals surface area contributed by atoms with E-state index >= 15 is 0 Å². The van der Waals surface area contributed by atoms with E-state index in [9.17, 15) is 14.4 Å². The smallest absolute Gasteiger partial charge is 0.254 e. The maximum absolute atomic E-state index is 12.3. The van der Waals surface area contributed by atoms with Gasteiger partial charge in [-0.1, -0.05) is 12.1 Å². The molecule has 0 spiro atoms. The Morgan fingerprint density at radius 2 is 1.92 bits per heavy atom. The van der Waals surface area contributed by atoms with Gasteiger partial charge in [0.15, 0.2) is 0 Å². The number of fused-ring (bicyclic) bond motifs is 2. The predicted molar refractivity (Wildman–Crippen MR) is 97.9 cm³/mol. The van der Waals surface area contributed by atoms with E-state index in [0.29, 0.717) is 16.9 Å². The van der Waals surface area contributed by atoms with Gasteiger partial charge in [0.2, 0.25) is 11.8 Å². The summed E-state index contributed by atoms with van der Waals surface area (Å²) in [6, 6.07) is 13.2. The molecule has 0 saturated heterocycles. The van der Waals surface area contributed by atoms with Crippen LogP contribution in [0.25, 0.3) is 10.9 Å². The van der Waals surface area contributed by atoms with E-state index in [-0.39, 0.29) is 18.2 Å². The average Bonchev–Trinajstić information content (AvgIpc) is 3.04. The third-order valence-electron chi connectivity index (χ3n) is 4.28. The normalized spacial score (nSPS) is 16.4. The summed E-state index contributed by atoms with van der Waals surface area (Å²) >= 11 is 0. The Bertz CT molecular complexity index is 1020. The number of hydrogen-bond acceptors (Lipinski definition) is 3. The molecule has 1 aliphatic heterocycles. The Morgan fingerprint density at radius 1 is 1.08 bits per heavy atom. The van der Waals surface area contributed by atoms with Crippen molar-refractivity contribution in [2.75, 3.05) is 10.6 Å². The standard InChI is InChI=1S/C19H16N4O3/c24-17(21-12-5-6-14-11(9-12)7-8-20-14)10-16-19(26)22-15-4-2-1-3-13(15)18(25)23-16/h1-9,16,20H,10H2,(H,21,24)(H,22,26)(H,23,25)/t16-/m1/s1. The summed E-state index contributed by atoms with van der Waals surface area (Å²) in [6.07, 6.45) is 1.66. The molecular weight excluding hydrogens is 332 g/mol. The number of para-hydroxylation sites is 1. The molecule has 0 unspecified atom stereocenters. The second-order valence-corrected chi connectivity index (χ2v) is 6.09. The average molecular weight is 348 g/mol. The number of hydrogen-bond donors (Lipinski definition) is 4. The molecule has 2 aromatic carbocycles. The first-order valence-corrected chi connectivity index (χ1v) is 8.18. The van der Waals surface area contributed by atoms with Crippen LogP contribution in [0.3, 0.4) is 0 Å². The number of H-pyrrole nitrogens is 1. The molecule has 0 radical (unpaired) electrons. The predicted octanol–water partition coefficient (Wildman–Crippen LogP) is 2.25. The van der Waals surface area contributed by atoms with Crippen LogP contribution in [0.5, 0.6) is 0 Å². The van der Waals surface area contributed by atoms with Crippen molar-refractivity contribution in [3.63, 3.8) is 0 Å². The number of carbonyl (C=O) groups is 3. The lowest BCUT2D eigenvalue weighted by molar-refractivity contribution is -0.122. The van der Waals surface area contributed by atoms with Crippen molar-refractivity contribution in [3.05, 3.63) is 60.3 Å². The number of rotatable bonds is 3. The minimum atomic E-state index is -0.939.